The topological polar surface area (TPSA) is 124 Å². The Hall–Kier alpha value is 0.680. The molecule has 14 heteroatoms. The van der Waals surface area contributed by atoms with Crippen LogP contribution in [0.2, 0.25) is 0 Å². The van der Waals surface area contributed by atoms with E-state index in [1.165, 1.54) is 0 Å². The first-order valence-corrected chi connectivity index (χ1v) is 13.6. The Morgan fingerprint density at radius 1 is 0.478 bits per heavy atom. The van der Waals surface area contributed by atoms with Crippen LogP contribution in [0.15, 0.2) is 0 Å². The van der Waals surface area contributed by atoms with Crippen LogP contribution in [0.25, 0.3) is 0 Å². The van der Waals surface area contributed by atoms with Crippen LogP contribution in [-0.2, 0) is 45.4 Å². The minimum atomic E-state index is -3.74. The summed E-state index contributed by atoms with van der Waals surface area (Å²) in [6, 6.07) is 0. The molecule has 0 atom stereocenters. The molecule has 0 aromatic carbocycles. The standard InChI is InChI=1S/C9H24O10P4/c1-14-21(11,15-2)7-20(10,8-22(12,16-3)17-4)9-23(13,18-5)19-6/h7-9H2,1-6H3. The smallest absolute Gasteiger partial charge is 0.322 e. The first-order valence-electron chi connectivity index (χ1n) is 6.17. The molecule has 0 aromatic heterocycles. The van der Waals surface area contributed by atoms with Crippen LogP contribution >= 0.6 is 29.9 Å². The van der Waals surface area contributed by atoms with E-state index in [4.69, 9.17) is 27.1 Å². The van der Waals surface area contributed by atoms with Crippen molar-refractivity contribution in [1.82, 2.24) is 0 Å². The predicted octanol–water partition coefficient (Wildman–Crippen LogP) is 3.68. The lowest BCUT2D eigenvalue weighted by Gasteiger charge is -2.26. The molecule has 0 heterocycles. The van der Waals surface area contributed by atoms with E-state index in [9.17, 15) is 18.3 Å². The van der Waals surface area contributed by atoms with Gasteiger partial charge in [-0.2, -0.15) is 0 Å². The Morgan fingerprint density at radius 3 is 0.783 bits per heavy atom. The third kappa shape index (κ3) is 7.21. The lowest BCUT2D eigenvalue weighted by atomic mass is 11.8. The van der Waals surface area contributed by atoms with Crippen LogP contribution in [-0.4, -0.2) is 60.4 Å². The Kier molecular flexibility index (Phi) is 9.68. The van der Waals surface area contributed by atoms with E-state index in [-0.39, 0.29) is 0 Å². The molecule has 0 radical (unpaired) electrons. The average Bonchev–Trinajstić information content (AvgIpc) is 2.53. The van der Waals surface area contributed by atoms with Crippen molar-refractivity contribution in [3.8, 4) is 0 Å². The molecular weight excluding hydrogens is 392 g/mol. The molecule has 0 bridgehead atoms. The largest absolute Gasteiger partial charge is 0.337 e. The monoisotopic (exact) mass is 416 g/mol. The summed E-state index contributed by atoms with van der Waals surface area (Å²) in [4.78, 5) is 0. The van der Waals surface area contributed by atoms with Crippen molar-refractivity contribution in [2.45, 2.75) is 0 Å². The van der Waals surface area contributed by atoms with Gasteiger partial charge in [-0.3, -0.25) is 13.7 Å². The molecule has 0 saturated heterocycles. The van der Waals surface area contributed by atoms with E-state index < -0.39 is 47.6 Å². The first kappa shape index (κ1) is 23.7. The summed E-state index contributed by atoms with van der Waals surface area (Å²) >= 11 is 0. The van der Waals surface area contributed by atoms with Crippen LogP contribution in [0.1, 0.15) is 0 Å². The summed E-state index contributed by atoms with van der Waals surface area (Å²) in [5.41, 5.74) is 0. The highest BCUT2D eigenvalue weighted by Crippen LogP contribution is 2.74. The quantitative estimate of drug-likeness (QED) is 0.435. The highest BCUT2D eigenvalue weighted by atomic mass is 31.3. The molecule has 0 aliphatic rings. The van der Waals surface area contributed by atoms with E-state index in [0.29, 0.717) is 0 Å². The molecule has 0 spiro atoms. The van der Waals surface area contributed by atoms with E-state index in [1.807, 2.05) is 0 Å². The lowest BCUT2D eigenvalue weighted by Crippen LogP contribution is -2.07. The lowest BCUT2D eigenvalue weighted by molar-refractivity contribution is 0.278. The molecule has 0 N–H and O–H groups in total. The normalized spacial score (nSPS) is 14.2. The van der Waals surface area contributed by atoms with Crippen LogP contribution in [0, 0.1) is 0 Å². The van der Waals surface area contributed by atoms with Gasteiger partial charge in [-0.1, -0.05) is 0 Å². The molecule has 0 amide bonds. The van der Waals surface area contributed by atoms with Crippen molar-refractivity contribution >= 4 is 29.9 Å². The fourth-order valence-corrected chi connectivity index (χ4v) is 15.9. The van der Waals surface area contributed by atoms with Gasteiger partial charge >= 0.3 is 22.8 Å². The van der Waals surface area contributed by atoms with Crippen molar-refractivity contribution in [3.05, 3.63) is 0 Å². The van der Waals surface area contributed by atoms with Crippen molar-refractivity contribution in [2.75, 3.05) is 60.4 Å². The molecule has 0 aliphatic carbocycles. The highest BCUT2D eigenvalue weighted by Gasteiger charge is 2.46. The predicted molar refractivity (Wildman–Crippen MR) is 87.1 cm³/mol. The maximum Gasteiger partial charge on any atom is 0.337 e. The Labute approximate surface area is 136 Å². The van der Waals surface area contributed by atoms with Gasteiger partial charge in [-0.05, 0) is 0 Å². The van der Waals surface area contributed by atoms with Crippen molar-refractivity contribution in [2.24, 2.45) is 0 Å². The summed E-state index contributed by atoms with van der Waals surface area (Å²) in [5.74, 6) is -1.83. The van der Waals surface area contributed by atoms with Gasteiger partial charge in [0.05, 0.1) is 0 Å². The highest BCUT2D eigenvalue weighted by molar-refractivity contribution is 7.88. The Morgan fingerprint density at radius 2 is 0.652 bits per heavy atom. The van der Waals surface area contributed by atoms with Crippen molar-refractivity contribution in [3.63, 3.8) is 0 Å². The van der Waals surface area contributed by atoms with Crippen molar-refractivity contribution in [1.29, 1.82) is 0 Å². The molecule has 0 saturated carbocycles. The summed E-state index contributed by atoms with van der Waals surface area (Å²) < 4.78 is 78.8. The number of rotatable bonds is 12. The molecule has 0 aliphatic heterocycles. The zero-order valence-electron chi connectivity index (χ0n) is 14.0. The molecule has 0 aromatic rings. The van der Waals surface area contributed by atoms with E-state index in [2.05, 4.69) is 0 Å². The molecule has 10 nitrogen and oxygen atoms in total. The van der Waals surface area contributed by atoms with Gasteiger partial charge in [-0.15, -0.1) is 0 Å². The summed E-state index contributed by atoms with van der Waals surface area (Å²) in [5, 5.41) is 0. The SMILES string of the molecule is COP(=O)(CP(=O)(CP(=O)(OC)OC)CP(=O)(OC)OC)OC. The molecule has 0 unspecified atom stereocenters. The van der Waals surface area contributed by atoms with Gasteiger partial charge in [0.2, 0.25) is 0 Å². The van der Waals surface area contributed by atoms with E-state index in [0.717, 1.165) is 42.7 Å². The van der Waals surface area contributed by atoms with Gasteiger partial charge in [-0.25, -0.2) is 0 Å². The molecule has 23 heavy (non-hydrogen) atoms. The minimum Gasteiger partial charge on any atom is -0.322 e. The minimum absolute atomic E-state index is 0.611. The van der Waals surface area contributed by atoms with Crippen LogP contribution in [0.5, 0.6) is 0 Å². The summed E-state index contributed by atoms with van der Waals surface area (Å²) in [6.45, 7) is 0. The Balaban J connectivity index is 5.79. The van der Waals surface area contributed by atoms with Gasteiger partial charge in [0.15, 0.2) is 0 Å². The van der Waals surface area contributed by atoms with Gasteiger partial charge in [0.25, 0.3) is 0 Å². The van der Waals surface area contributed by atoms with Crippen LogP contribution in [0.3, 0.4) is 0 Å². The summed E-state index contributed by atoms with van der Waals surface area (Å²) in [6.07, 6.45) is 0. The first-order chi connectivity index (χ1) is 10.5. The number of hydrogen-bond acceptors (Lipinski definition) is 10. The van der Waals surface area contributed by atoms with Gasteiger partial charge in [0, 0.05) is 42.7 Å². The fraction of sp³-hybridized carbons (Fsp3) is 1.00. The molecular formula is C9H24O10P4. The van der Waals surface area contributed by atoms with E-state index >= 15 is 0 Å². The van der Waals surface area contributed by atoms with Crippen LogP contribution < -0.4 is 0 Å². The number of hydrogen-bond donors (Lipinski definition) is 0. The van der Waals surface area contributed by atoms with Gasteiger partial charge in [0.1, 0.15) is 24.9 Å². The zero-order chi connectivity index (χ0) is 18.4. The molecule has 140 valence electrons. The second-order valence-electron chi connectivity index (χ2n) is 4.41. The second kappa shape index (κ2) is 9.40. The molecule has 0 rings (SSSR count). The fourth-order valence-electron chi connectivity index (χ4n) is 1.65. The third-order valence-corrected chi connectivity index (χ3v) is 16.6. The third-order valence-electron chi connectivity index (χ3n) is 2.96. The maximum atomic E-state index is 13.2. The average molecular weight is 416 g/mol. The maximum absolute atomic E-state index is 13.2. The zero-order valence-corrected chi connectivity index (χ0v) is 17.6. The summed E-state index contributed by atoms with van der Waals surface area (Å²) in [7, 11) is -8.25. The Bertz CT molecular complexity index is 460. The van der Waals surface area contributed by atoms with Crippen molar-refractivity contribution < 1.29 is 45.4 Å². The molecule has 0 fully saturated rings. The van der Waals surface area contributed by atoms with Crippen LogP contribution in [0.4, 0.5) is 0 Å². The van der Waals surface area contributed by atoms with Gasteiger partial charge < -0.3 is 31.7 Å². The second-order valence-corrected chi connectivity index (χ2v) is 15.8. The van der Waals surface area contributed by atoms with E-state index in [1.54, 1.807) is 0 Å².